The van der Waals surface area contributed by atoms with Crippen LogP contribution < -0.4 is 5.32 Å². The SMILES string of the molecule is Cc1ccc(CC(=O)Nc2cc(Br)cnc2Cl)cc1. The highest BCUT2D eigenvalue weighted by Crippen LogP contribution is 2.23. The van der Waals surface area contributed by atoms with Gasteiger partial charge in [-0.1, -0.05) is 41.4 Å². The second kappa shape index (κ2) is 6.17. The van der Waals surface area contributed by atoms with Gasteiger partial charge in [0.2, 0.25) is 5.91 Å². The van der Waals surface area contributed by atoms with E-state index in [0.717, 1.165) is 10.0 Å². The van der Waals surface area contributed by atoms with Gasteiger partial charge >= 0.3 is 0 Å². The number of pyridine rings is 1. The van der Waals surface area contributed by atoms with E-state index in [1.54, 1.807) is 12.3 Å². The van der Waals surface area contributed by atoms with E-state index in [0.29, 0.717) is 12.1 Å². The molecule has 5 heteroatoms. The zero-order valence-corrected chi connectivity index (χ0v) is 12.6. The number of anilines is 1. The van der Waals surface area contributed by atoms with E-state index in [9.17, 15) is 4.79 Å². The molecule has 1 heterocycles. The molecule has 19 heavy (non-hydrogen) atoms. The Labute approximate surface area is 125 Å². The van der Waals surface area contributed by atoms with E-state index in [1.165, 1.54) is 5.56 Å². The average Bonchev–Trinajstić information content (AvgIpc) is 2.37. The summed E-state index contributed by atoms with van der Waals surface area (Å²) in [5.41, 5.74) is 2.64. The van der Waals surface area contributed by atoms with E-state index in [1.807, 2.05) is 31.2 Å². The minimum Gasteiger partial charge on any atom is -0.323 e. The van der Waals surface area contributed by atoms with Gasteiger partial charge in [0.05, 0.1) is 12.1 Å². The fraction of sp³-hybridized carbons (Fsp3) is 0.143. The minimum absolute atomic E-state index is 0.120. The van der Waals surface area contributed by atoms with Crippen molar-refractivity contribution in [2.45, 2.75) is 13.3 Å². The Balaban J connectivity index is 2.05. The maximum absolute atomic E-state index is 11.9. The summed E-state index contributed by atoms with van der Waals surface area (Å²) in [4.78, 5) is 15.9. The number of nitrogens with one attached hydrogen (secondary N) is 1. The third-order valence-corrected chi connectivity index (χ3v) is 3.30. The van der Waals surface area contributed by atoms with Crippen molar-refractivity contribution < 1.29 is 4.79 Å². The Morgan fingerprint density at radius 3 is 2.74 bits per heavy atom. The molecule has 0 atom stereocenters. The van der Waals surface area contributed by atoms with Gasteiger partial charge in [-0.25, -0.2) is 4.98 Å². The molecule has 2 rings (SSSR count). The molecular formula is C14H12BrClN2O. The summed E-state index contributed by atoms with van der Waals surface area (Å²) in [6.45, 7) is 2.01. The second-order valence-electron chi connectivity index (χ2n) is 4.20. The number of hydrogen-bond acceptors (Lipinski definition) is 2. The average molecular weight is 340 g/mol. The maximum atomic E-state index is 11.9. The number of carbonyl (C=O) groups excluding carboxylic acids is 1. The Hall–Kier alpha value is -1.39. The second-order valence-corrected chi connectivity index (χ2v) is 5.48. The number of halogens is 2. The molecule has 3 nitrogen and oxygen atoms in total. The number of hydrogen-bond donors (Lipinski definition) is 1. The van der Waals surface area contributed by atoms with Crippen molar-refractivity contribution in [2.24, 2.45) is 0 Å². The van der Waals surface area contributed by atoms with Gasteiger partial charge in [0.25, 0.3) is 0 Å². The molecule has 0 saturated carbocycles. The molecule has 1 amide bonds. The molecule has 0 saturated heterocycles. The molecule has 0 spiro atoms. The van der Waals surface area contributed by atoms with Crippen LogP contribution in [0.15, 0.2) is 41.0 Å². The lowest BCUT2D eigenvalue weighted by molar-refractivity contribution is -0.115. The van der Waals surface area contributed by atoms with Gasteiger partial charge in [0.1, 0.15) is 0 Å². The summed E-state index contributed by atoms with van der Waals surface area (Å²) in [6, 6.07) is 9.57. The largest absolute Gasteiger partial charge is 0.323 e. The molecule has 0 aliphatic heterocycles. The zero-order valence-electron chi connectivity index (χ0n) is 10.3. The van der Waals surface area contributed by atoms with Crippen LogP contribution in [0, 0.1) is 6.92 Å². The van der Waals surface area contributed by atoms with Crippen molar-refractivity contribution >= 4 is 39.1 Å². The molecule has 0 aliphatic rings. The Morgan fingerprint density at radius 1 is 1.37 bits per heavy atom. The van der Waals surface area contributed by atoms with Gasteiger partial charge in [0.15, 0.2) is 5.15 Å². The fourth-order valence-corrected chi connectivity index (χ4v) is 2.08. The number of carbonyl (C=O) groups is 1. The molecule has 0 unspecified atom stereocenters. The number of benzene rings is 1. The van der Waals surface area contributed by atoms with Gasteiger partial charge in [-0.2, -0.15) is 0 Å². The van der Waals surface area contributed by atoms with E-state index in [4.69, 9.17) is 11.6 Å². The van der Waals surface area contributed by atoms with Crippen molar-refractivity contribution in [3.8, 4) is 0 Å². The normalized spacial score (nSPS) is 10.3. The quantitative estimate of drug-likeness (QED) is 0.859. The van der Waals surface area contributed by atoms with E-state index in [-0.39, 0.29) is 11.1 Å². The van der Waals surface area contributed by atoms with Crippen molar-refractivity contribution in [1.82, 2.24) is 4.98 Å². The molecule has 1 aromatic heterocycles. The van der Waals surface area contributed by atoms with Crippen molar-refractivity contribution in [3.63, 3.8) is 0 Å². The molecule has 1 N–H and O–H groups in total. The zero-order chi connectivity index (χ0) is 13.8. The highest BCUT2D eigenvalue weighted by molar-refractivity contribution is 9.10. The molecule has 2 aromatic rings. The maximum Gasteiger partial charge on any atom is 0.228 e. The van der Waals surface area contributed by atoms with E-state index in [2.05, 4.69) is 26.2 Å². The van der Waals surface area contributed by atoms with Crippen molar-refractivity contribution in [3.05, 3.63) is 57.3 Å². The standard InChI is InChI=1S/C14H12BrClN2O/c1-9-2-4-10(5-3-9)6-13(19)18-12-7-11(15)8-17-14(12)16/h2-5,7-8H,6H2,1H3,(H,18,19). The number of aryl methyl sites for hydroxylation is 1. The van der Waals surface area contributed by atoms with Crippen LogP contribution in [0.2, 0.25) is 5.15 Å². The first-order valence-corrected chi connectivity index (χ1v) is 6.88. The van der Waals surface area contributed by atoms with Crippen LogP contribution in [-0.4, -0.2) is 10.9 Å². The topological polar surface area (TPSA) is 42.0 Å². The molecule has 0 aliphatic carbocycles. The highest BCUT2D eigenvalue weighted by atomic mass is 79.9. The van der Waals surface area contributed by atoms with E-state index >= 15 is 0 Å². The van der Waals surface area contributed by atoms with Gasteiger partial charge in [-0.3, -0.25) is 4.79 Å². The van der Waals surface area contributed by atoms with Crippen molar-refractivity contribution in [2.75, 3.05) is 5.32 Å². The van der Waals surface area contributed by atoms with Crippen LogP contribution in [0.5, 0.6) is 0 Å². The third-order valence-electron chi connectivity index (χ3n) is 2.57. The lowest BCUT2D eigenvalue weighted by atomic mass is 10.1. The van der Waals surface area contributed by atoms with Gasteiger partial charge < -0.3 is 5.32 Å². The predicted molar refractivity (Wildman–Crippen MR) is 80.5 cm³/mol. The monoisotopic (exact) mass is 338 g/mol. The van der Waals surface area contributed by atoms with Crippen LogP contribution in [0.25, 0.3) is 0 Å². The summed E-state index contributed by atoms with van der Waals surface area (Å²) >= 11 is 9.21. The summed E-state index contributed by atoms with van der Waals surface area (Å²) in [7, 11) is 0. The number of amides is 1. The first kappa shape index (κ1) is 14.0. The van der Waals surface area contributed by atoms with Crippen LogP contribution in [0.4, 0.5) is 5.69 Å². The van der Waals surface area contributed by atoms with Gasteiger partial charge in [-0.15, -0.1) is 0 Å². The molecule has 0 fully saturated rings. The summed E-state index contributed by atoms with van der Waals surface area (Å²) in [6.07, 6.45) is 1.89. The predicted octanol–water partition coefficient (Wildman–Crippen LogP) is 3.99. The molecule has 1 aromatic carbocycles. The van der Waals surface area contributed by atoms with Crippen LogP contribution in [0.1, 0.15) is 11.1 Å². The number of nitrogens with zero attached hydrogens (tertiary/aromatic N) is 1. The summed E-state index contributed by atoms with van der Waals surface area (Å²) in [5, 5.41) is 3.03. The molecule has 0 radical (unpaired) electrons. The van der Waals surface area contributed by atoms with Crippen molar-refractivity contribution in [1.29, 1.82) is 0 Å². The summed E-state index contributed by atoms with van der Waals surface area (Å²) < 4.78 is 0.766. The van der Waals surface area contributed by atoms with Crippen LogP contribution >= 0.6 is 27.5 Å². The lowest BCUT2D eigenvalue weighted by Gasteiger charge is -2.07. The summed E-state index contributed by atoms with van der Waals surface area (Å²) in [5.74, 6) is -0.120. The molecular weight excluding hydrogens is 328 g/mol. The first-order chi connectivity index (χ1) is 9.04. The van der Waals surface area contributed by atoms with Gasteiger partial charge in [0, 0.05) is 10.7 Å². The molecule has 0 bridgehead atoms. The minimum atomic E-state index is -0.120. The third kappa shape index (κ3) is 4.04. The number of aromatic nitrogens is 1. The fourth-order valence-electron chi connectivity index (χ4n) is 1.60. The van der Waals surface area contributed by atoms with Gasteiger partial charge in [-0.05, 0) is 34.5 Å². The Bertz CT molecular complexity index is 599. The smallest absolute Gasteiger partial charge is 0.228 e. The van der Waals surface area contributed by atoms with Crippen LogP contribution in [0.3, 0.4) is 0 Å². The number of rotatable bonds is 3. The Morgan fingerprint density at radius 2 is 2.05 bits per heavy atom. The van der Waals surface area contributed by atoms with E-state index < -0.39 is 0 Å². The first-order valence-electron chi connectivity index (χ1n) is 5.71. The molecule has 98 valence electrons. The Kier molecular flexibility index (Phi) is 4.56. The van der Waals surface area contributed by atoms with Crippen LogP contribution in [-0.2, 0) is 11.2 Å². The highest BCUT2D eigenvalue weighted by Gasteiger charge is 2.08. The lowest BCUT2D eigenvalue weighted by Crippen LogP contribution is -2.15.